The van der Waals surface area contributed by atoms with Crippen LogP contribution in [0.4, 0.5) is 11.4 Å². The van der Waals surface area contributed by atoms with Crippen molar-refractivity contribution in [3.8, 4) is 0 Å². The fourth-order valence-electron chi connectivity index (χ4n) is 4.91. The number of fused-ring (bicyclic) bond motifs is 3. The molecule has 0 saturated heterocycles. The number of carbonyl (C=O) groups is 3. The highest BCUT2D eigenvalue weighted by Gasteiger charge is 2.32. The molecule has 0 fully saturated rings. The normalized spacial score (nSPS) is 14.1. The summed E-state index contributed by atoms with van der Waals surface area (Å²) in [5, 5.41) is 2.72. The van der Waals surface area contributed by atoms with Crippen molar-refractivity contribution in [3.63, 3.8) is 0 Å². The molecule has 2 aliphatic rings. The van der Waals surface area contributed by atoms with E-state index in [0.29, 0.717) is 29.8 Å². The molecule has 0 saturated carbocycles. The lowest BCUT2D eigenvalue weighted by atomic mass is 9.83. The number of benzene rings is 4. The van der Waals surface area contributed by atoms with Gasteiger partial charge in [0, 0.05) is 28.8 Å². The van der Waals surface area contributed by atoms with Gasteiger partial charge in [0.15, 0.2) is 11.6 Å². The van der Waals surface area contributed by atoms with Crippen molar-refractivity contribution in [2.24, 2.45) is 0 Å². The van der Waals surface area contributed by atoms with Gasteiger partial charge < -0.3 is 5.32 Å². The average molecular weight is 509 g/mol. The van der Waals surface area contributed by atoms with Crippen molar-refractivity contribution < 1.29 is 22.8 Å². The Morgan fingerprint density at radius 3 is 2.14 bits per heavy atom. The maximum absolute atomic E-state index is 13.3. The second kappa shape index (κ2) is 8.53. The molecule has 37 heavy (non-hydrogen) atoms. The molecule has 4 aromatic rings. The third-order valence-corrected chi connectivity index (χ3v) is 8.58. The molecule has 6 rings (SSSR count). The first-order chi connectivity index (χ1) is 17.9. The van der Waals surface area contributed by atoms with Gasteiger partial charge in [0.1, 0.15) is 0 Å². The zero-order chi connectivity index (χ0) is 25.7. The van der Waals surface area contributed by atoms with Crippen LogP contribution in [0.25, 0.3) is 0 Å². The maximum Gasteiger partial charge on any atom is 0.264 e. The molecule has 182 valence electrons. The van der Waals surface area contributed by atoms with Crippen LogP contribution in [0.5, 0.6) is 0 Å². The first-order valence-electron chi connectivity index (χ1n) is 11.7. The molecule has 1 aliphatic carbocycles. The minimum atomic E-state index is -3.79. The lowest BCUT2D eigenvalue weighted by Crippen LogP contribution is -2.29. The monoisotopic (exact) mass is 508 g/mol. The van der Waals surface area contributed by atoms with Crippen LogP contribution in [0.15, 0.2) is 95.9 Å². The van der Waals surface area contributed by atoms with Crippen LogP contribution in [0.1, 0.15) is 47.8 Å². The number of hydrogen-bond donors (Lipinski definition) is 1. The highest BCUT2D eigenvalue weighted by molar-refractivity contribution is 7.92. The van der Waals surface area contributed by atoms with Crippen LogP contribution in [0, 0.1) is 0 Å². The summed E-state index contributed by atoms with van der Waals surface area (Å²) in [4.78, 5) is 39.3. The second-order valence-electron chi connectivity index (χ2n) is 8.87. The van der Waals surface area contributed by atoms with Gasteiger partial charge >= 0.3 is 0 Å². The SMILES string of the molecule is O=C(Nc1cccc2c1C(=O)c1ccccc1C2=O)c1ccc(S(=O)(=O)N2CCc3ccccc32)cc1. The van der Waals surface area contributed by atoms with Gasteiger partial charge in [-0.25, -0.2) is 8.42 Å². The molecular formula is C29H20N2O5S. The van der Waals surface area contributed by atoms with Crippen molar-refractivity contribution in [3.05, 3.63) is 124 Å². The smallest absolute Gasteiger partial charge is 0.264 e. The fourth-order valence-corrected chi connectivity index (χ4v) is 6.41. The third-order valence-electron chi connectivity index (χ3n) is 6.75. The number of nitrogens with zero attached hydrogens (tertiary/aromatic N) is 1. The van der Waals surface area contributed by atoms with Gasteiger partial charge in [-0.2, -0.15) is 0 Å². The third kappa shape index (κ3) is 3.65. The van der Waals surface area contributed by atoms with E-state index in [1.807, 2.05) is 12.1 Å². The number of anilines is 2. The molecule has 0 radical (unpaired) electrons. The molecule has 1 N–H and O–H groups in total. The Kier molecular flexibility index (Phi) is 5.27. The van der Waals surface area contributed by atoms with Gasteiger partial charge in [-0.1, -0.05) is 54.6 Å². The molecule has 0 bridgehead atoms. The largest absolute Gasteiger partial charge is 0.321 e. The van der Waals surface area contributed by atoms with E-state index in [4.69, 9.17) is 0 Å². The lowest BCUT2D eigenvalue weighted by molar-refractivity contribution is 0.0978. The molecule has 1 amide bonds. The summed E-state index contributed by atoms with van der Waals surface area (Å²) in [7, 11) is -3.79. The number of ketones is 2. The molecule has 1 heterocycles. The summed E-state index contributed by atoms with van der Waals surface area (Å²) < 4.78 is 27.9. The molecule has 0 spiro atoms. The Morgan fingerprint density at radius 1 is 0.730 bits per heavy atom. The highest BCUT2D eigenvalue weighted by Crippen LogP contribution is 2.34. The van der Waals surface area contributed by atoms with E-state index < -0.39 is 15.9 Å². The molecule has 0 atom stereocenters. The Bertz CT molecular complexity index is 1730. The quantitative estimate of drug-likeness (QED) is 0.386. The van der Waals surface area contributed by atoms with Crippen molar-refractivity contribution in [2.45, 2.75) is 11.3 Å². The second-order valence-corrected chi connectivity index (χ2v) is 10.7. The van der Waals surface area contributed by atoms with Gasteiger partial charge in [0.05, 0.1) is 21.8 Å². The van der Waals surface area contributed by atoms with Crippen molar-refractivity contribution in [1.29, 1.82) is 0 Å². The molecule has 4 aromatic carbocycles. The maximum atomic E-state index is 13.3. The molecule has 8 heteroatoms. The first-order valence-corrected chi connectivity index (χ1v) is 13.1. The Morgan fingerprint density at radius 2 is 1.38 bits per heavy atom. The zero-order valence-corrected chi connectivity index (χ0v) is 20.3. The summed E-state index contributed by atoms with van der Waals surface area (Å²) in [6.07, 6.45) is 0.642. The summed E-state index contributed by atoms with van der Waals surface area (Å²) in [5.74, 6) is -1.14. The van der Waals surface area contributed by atoms with Gasteiger partial charge in [-0.15, -0.1) is 0 Å². The van der Waals surface area contributed by atoms with Gasteiger partial charge in [0.2, 0.25) is 0 Å². The molecular weight excluding hydrogens is 488 g/mol. The number of hydrogen-bond acceptors (Lipinski definition) is 5. The number of nitrogens with one attached hydrogen (secondary N) is 1. The highest BCUT2D eigenvalue weighted by atomic mass is 32.2. The zero-order valence-electron chi connectivity index (χ0n) is 19.5. The van der Waals surface area contributed by atoms with E-state index in [1.54, 1.807) is 54.6 Å². The van der Waals surface area contributed by atoms with Gasteiger partial charge in [0.25, 0.3) is 15.9 Å². The number of para-hydroxylation sites is 1. The van der Waals surface area contributed by atoms with E-state index in [0.717, 1.165) is 5.56 Å². The molecule has 0 unspecified atom stereocenters. The van der Waals surface area contributed by atoms with E-state index in [2.05, 4.69) is 5.32 Å². The molecule has 7 nitrogen and oxygen atoms in total. The van der Waals surface area contributed by atoms with Crippen LogP contribution in [0.2, 0.25) is 0 Å². The van der Waals surface area contributed by atoms with Gasteiger partial charge in [-0.05, 0) is 48.4 Å². The predicted molar refractivity (Wildman–Crippen MR) is 139 cm³/mol. The standard InChI is InChI=1S/C29H20N2O5S/c32-27-21-7-2-3-8-22(21)28(33)26-23(27)9-5-10-24(26)30-29(34)19-12-14-20(15-13-19)37(35,36)31-17-16-18-6-1-4-11-25(18)31/h1-15H,16-17H2,(H,30,34). The minimum Gasteiger partial charge on any atom is -0.321 e. The topological polar surface area (TPSA) is 101 Å². The van der Waals surface area contributed by atoms with E-state index in [9.17, 15) is 22.8 Å². The van der Waals surface area contributed by atoms with E-state index in [-0.39, 0.29) is 38.8 Å². The average Bonchev–Trinajstić information content (AvgIpc) is 3.37. The molecule has 0 aromatic heterocycles. The Balaban J connectivity index is 1.27. The van der Waals surface area contributed by atoms with Crippen LogP contribution >= 0.6 is 0 Å². The van der Waals surface area contributed by atoms with Gasteiger partial charge in [-0.3, -0.25) is 18.7 Å². The van der Waals surface area contributed by atoms with Crippen LogP contribution < -0.4 is 9.62 Å². The predicted octanol–water partition coefficient (Wildman–Crippen LogP) is 4.47. The molecule has 1 aliphatic heterocycles. The van der Waals surface area contributed by atoms with Crippen LogP contribution in [-0.2, 0) is 16.4 Å². The summed E-state index contributed by atoms with van der Waals surface area (Å²) in [6.45, 7) is 0.360. The van der Waals surface area contributed by atoms with Crippen molar-refractivity contribution in [2.75, 3.05) is 16.2 Å². The van der Waals surface area contributed by atoms with Crippen molar-refractivity contribution >= 4 is 38.9 Å². The summed E-state index contributed by atoms with van der Waals surface area (Å²) in [5.41, 5.74) is 3.08. The first kappa shape index (κ1) is 22.9. The summed E-state index contributed by atoms with van der Waals surface area (Å²) >= 11 is 0. The minimum absolute atomic E-state index is 0.0789. The number of carbonyl (C=O) groups excluding carboxylic acids is 3. The van der Waals surface area contributed by atoms with E-state index in [1.165, 1.54) is 28.6 Å². The Labute approximate surface area is 213 Å². The number of sulfonamides is 1. The van der Waals surface area contributed by atoms with Crippen LogP contribution in [0.3, 0.4) is 0 Å². The fraction of sp³-hybridized carbons (Fsp3) is 0.0690. The van der Waals surface area contributed by atoms with Crippen molar-refractivity contribution in [1.82, 2.24) is 0 Å². The number of amides is 1. The summed E-state index contributed by atoms with van der Waals surface area (Å²) in [6, 6.07) is 24.4. The number of rotatable bonds is 4. The van der Waals surface area contributed by atoms with E-state index >= 15 is 0 Å². The Hall–Kier alpha value is -4.56. The van der Waals surface area contributed by atoms with Crippen LogP contribution in [-0.4, -0.2) is 32.4 Å². The lowest BCUT2D eigenvalue weighted by Gasteiger charge is -2.20.